The third kappa shape index (κ3) is 8.60. The molecule has 1 aliphatic heterocycles. The lowest BCUT2D eigenvalue weighted by atomic mass is 9.93. The van der Waals surface area contributed by atoms with E-state index >= 15 is 0 Å². The molecule has 0 aliphatic carbocycles. The largest absolute Gasteiger partial charge is 0.361 e. The van der Waals surface area contributed by atoms with Gasteiger partial charge in [0.15, 0.2) is 5.78 Å². The van der Waals surface area contributed by atoms with Crippen LogP contribution < -0.4 is 16.0 Å². The number of nitrogens with one attached hydrogen (secondary N) is 3. The average molecular weight is 570 g/mol. The monoisotopic (exact) mass is 569 g/mol. The number of ketones is 1. The Labute approximate surface area is 247 Å². The molecule has 1 saturated heterocycles. The van der Waals surface area contributed by atoms with E-state index in [1.807, 2.05) is 80.6 Å². The Kier molecular flexibility index (Phi) is 10.3. The summed E-state index contributed by atoms with van der Waals surface area (Å²) in [6, 6.07) is 25.1. The maximum absolute atomic E-state index is 13.7. The minimum Gasteiger partial charge on any atom is -0.361 e. The molecular formula is C34H39N3O5. The molecule has 3 aromatic carbocycles. The van der Waals surface area contributed by atoms with Gasteiger partial charge in [0.05, 0.1) is 25.1 Å². The first-order chi connectivity index (χ1) is 20.1. The molecule has 1 heterocycles. The fourth-order valence-corrected chi connectivity index (χ4v) is 4.86. The van der Waals surface area contributed by atoms with E-state index in [-0.39, 0.29) is 30.4 Å². The van der Waals surface area contributed by atoms with Gasteiger partial charge in [-0.15, -0.1) is 0 Å². The molecular weight excluding hydrogens is 530 g/mol. The lowest BCUT2D eigenvalue weighted by molar-refractivity contribution is -0.133. The molecule has 1 unspecified atom stereocenters. The van der Waals surface area contributed by atoms with Gasteiger partial charge in [0, 0.05) is 12.0 Å². The highest BCUT2D eigenvalue weighted by molar-refractivity contribution is 5.98. The second-order valence-corrected chi connectivity index (χ2v) is 11.4. The number of ether oxygens (including phenoxy) is 1. The van der Waals surface area contributed by atoms with Gasteiger partial charge in [-0.25, -0.2) is 0 Å². The van der Waals surface area contributed by atoms with Crippen molar-refractivity contribution in [2.75, 3.05) is 6.61 Å². The molecule has 0 saturated carbocycles. The molecule has 1 aliphatic rings. The van der Waals surface area contributed by atoms with Crippen LogP contribution in [0.15, 0.2) is 91.0 Å². The van der Waals surface area contributed by atoms with Gasteiger partial charge in [-0.3, -0.25) is 19.2 Å². The standard InChI is InChI=1S/C34H39N3O5/c1-23(2)19-28(31(39)34(3)22-42-34)37-33(41)29(20-24-13-7-4-8-14-24)35-30(38)21-27(25-15-9-5-10-16-25)36-32(40)26-17-11-6-12-18-26/h4-18,23,27-29H,19-22H2,1-3H3,(H,35,38)(H,36,40)(H,37,41)/t27?,28-,29-,34+/m0/s1. The van der Waals surface area contributed by atoms with E-state index in [9.17, 15) is 19.2 Å². The first-order valence-corrected chi connectivity index (χ1v) is 14.4. The van der Waals surface area contributed by atoms with E-state index < -0.39 is 35.5 Å². The normalized spacial score (nSPS) is 17.9. The Balaban J connectivity index is 1.52. The molecule has 0 radical (unpaired) electrons. The summed E-state index contributed by atoms with van der Waals surface area (Å²) in [5.74, 6) is -1.16. The van der Waals surface area contributed by atoms with Crippen LogP contribution in [0.5, 0.6) is 0 Å². The van der Waals surface area contributed by atoms with Crippen molar-refractivity contribution in [3.8, 4) is 0 Å². The Bertz CT molecular complexity index is 1360. The summed E-state index contributed by atoms with van der Waals surface area (Å²) in [6.07, 6.45) is 0.611. The van der Waals surface area contributed by atoms with Crippen molar-refractivity contribution in [1.29, 1.82) is 0 Å². The summed E-state index contributed by atoms with van der Waals surface area (Å²) in [5.41, 5.74) is 1.22. The van der Waals surface area contributed by atoms with E-state index in [4.69, 9.17) is 4.74 Å². The minimum atomic E-state index is -0.934. The van der Waals surface area contributed by atoms with E-state index in [0.717, 1.165) is 11.1 Å². The van der Waals surface area contributed by atoms with Crippen molar-refractivity contribution in [3.05, 3.63) is 108 Å². The maximum Gasteiger partial charge on any atom is 0.251 e. The molecule has 4 atom stereocenters. The number of amides is 3. The van der Waals surface area contributed by atoms with Crippen molar-refractivity contribution >= 4 is 23.5 Å². The Morgan fingerprint density at radius 3 is 1.93 bits per heavy atom. The van der Waals surface area contributed by atoms with Crippen LogP contribution in [0.2, 0.25) is 0 Å². The SMILES string of the molecule is CC(C)C[C@H](NC(=O)[C@H](Cc1ccccc1)NC(=O)CC(NC(=O)c1ccccc1)c1ccccc1)C(=O)[C@@]1(C)CO1. The van der Waals surface area contributed by atoms with Gasteiger partial charge < -0.3 is 20.7 Å². The quantitative estimate of drug-likeness (QED) is 0.252. The summed E-state index contributed by atoms with van der Waals surface area (Å²) in [6.45, 7) is 6.03. The third-order valence-electron chi connectivity index (χ3n) is 7.31. The molecule has 8 heteroatoms. The molecule has 3 N–H and O–H groups in total. The average Bonchev–Trinajstić information content (AvgIpc) is 3.75. The van der Waals surface area contributed by atoms with Gasteiger partial charge in [0.25, 0.3) is 5.91 Å². The van der Waals surface area contributed by atoms with Crippen LogP contribution in [0.3, 0.4) is 0 Å². The molecule has 0 bridgehead atoms. The summed E-state index contributed by atoms with van der Waals surface area (Å²) < 4.78 is 5.37. The molecule has 0 spiro atoms. The van der Waals surface area contributed by atoms with Crippen molar-refractivity contribution in [2.45, 2.75) is 63.8 Å². The Morgan fingerprint density at radius 2 is 1.36 bits per heavy atom. The number of benzene rings is 3. The van der Waals surface area contributed by atoms with Crippen molar-refractivity contribution in [1.82, 2.24) is 16.0 Å². The summed E-state index contributed by atoms with van der Waals surface area (Å²) >= 11 is 0. The van der Waals surface area contributed by atoms with Crippen LogP contribution in [-0.4, -0.2) is 47.8 Å². The number of carbonyl (C=O) groups is 4. The number of hydrogen-bond donors (Lipinski definition) is 3. The Morgan fingerprint density at radius 1 is 0.786 bits per heavy atom. The summed E-state index contributed by atoms with van der Waals surface area (Å²) in [5, 5.41) is 8.76. The van der Waals surface area contributed by atoms with E-state index in [2.05, 4.69) is 16.0 Å². The summed E-state index contributed by atoms with van der Waals surface area (Å²) in [4.78, 5) is 53.3. The number of Topliss-reactive ketones (excluding diaryl/α,β-unsaturated/α-hetero) is 1. The fourth-order valence-electron chi connectivity index (χ4n) is 4.86. The Hall–Kier alpha value is -4.30. The number of epoxide rings is 1. The molecule has 1 fully saturated rings. The third-order valence-corrected chi connectivity index (χ3v) is 7.31. The molecule has 0 aromatic heterocycles. The molecule has 42 heavy (non-hydrogen) atoms. The fraction of sp³-hybridized carbons (Fsp3) is 0.353. The zero-order valence-electron chi connectivity index (χ0n) is 24.3. The highest BCUT2D eigenvalue weighted by atomic mass is 16.6. The van der Waals surface area contributed by atoms with Gasteiger partial charge in [-0.05, 0) is 42.5 Å². The zero-order chi connectivity index (χ0) is 30.1. The van der Waals surface area contributed by atoms with Crippen molar-refractivity contribution < 1.29 is 23.9 Å². The summed E-state index contributed by atoms with van der Waals surface area (Å²) in [7, 11) is 0. The molecule has 4 rings (SSSR count). The van der Waals surface area contributed by atoms with Crippen LogP contribution >= 0.6 is 0 Å². The van der Waals surface area contributed by atoms with Gasteiger partial charge in [0.2, 0.25) is 11.8 Å². The molecule has 8 nitrogen and oxygen atoms in total. The first kappa shape index (κ1) is 30.7. The molecule has 3 amide bonds. The molecule has 3 aromatic rings. The van der Waals surface area contributed by atoms with Gasteiger partial charge in [-0.1, -0.05) is 92.7 Å². The first-order valence-electron chi connectivity index (χ1n) is 14.4. The van der Waals surface area contributed by atoms with Gasteiger partial charge in [0.1, 0.15) is 11.6 Å². The second kappa shape index (κ2) is 14.0. The van der Waals surface area contributed by atoms with Crippen LogP contribution in [0.1, 0.15) is 61.1 Å². The molecule has 220 valence electrons. The van der Waals surface area contributed by atoms with Crippen LogP contribution in [0, 0.1) is 5.92 Å². The van der Waals surface area contributed by atoms with Crippen LogP contribution in [-0.2, 0) is 25.5 Å². The lowest BCUT2D eigenvalue weighted by Crippen LogP contribution is -2.54. The van der Waals surface area contributed by atoms with Crippen molar-refractivity contribution in [2.24, 2.45) is 5.92 Å². The van der Waals surface area contributed by atoms with E-state index in [1.165, 1.54) is 0 Å². The minimum absolute atomic E-state index is 0.0819. The highest BCUT2D eigenvalue weighted by Gasteiger charge is 2.50. The number of hydrogen-bond acceptors (Lipinski definition) is 5. The zero-order valence-corrected chi connectivity index (χ0v) is 24.3. The van der Waals surface area contributed by atoms with Gasteiger partial charge in [-0.2, -0.15) is 0 Å². The predicted octanol–water partition coefficient (Wildman–Crippen LogP) is 4.16. The number of rotatable bonds is 14. The van der Waals surface area contributed by atoms with Gasteiger partial charge >= 0.3 is 0 Å². The van der Waals surface area contributed by atoms with E-state index in [1.54, 1.807) is 31.2 Å². The predicted molar refractivity (Wildman–Crippen MR) is 161 cm³/mol. The van der Waals surface area contributed by atoms with Crippen molar-refractivity contribution in [3.63, 3.8) is 0 Å². The highest BCUT2D eigenvalue weighted by Crippen LogP contribution is 2.29. The maximum atomic E-state index is 13.7. The smallest absolute Gasteiger partial charge is 0.251 e. The topological polar surface area (TPSA) is 117 Å². The second-order valence-electron chi connectivity index (χ2n) is 11.4. The van der Waals surface area contributed by atoms with Crippen LogP contribution in [0.25, 0.3) is 0 Å². The van der Waals surface area contributed by atoms with Crippen LogP contribution in [0.4, 0.5) is 0 Å². The van der Waals surface area contributed by atoms with E-state index in [0.29, 0.717) is 18.6 Å². The number of carbonyl (C=O) groups excluding carboxylic acids is 4. The lowest BCUT2D eigenvalue weighted by Gasteiger charge is -2.26.